The first-order chi connectivity index (χ1) is 9.60. The fourth-order valence-corrected chi connectivity index (χ4v) is 3.12. The van der Waals surface area contributed by atoms with Crippen molar-refractivity contribution in [3.8, 4) is 11.1 Å². The summed E-state index contributed by atoms with van der Waals surface area (Å²) >= 11 is 12.4. The Balaban J connectivity index is 2.22. The summed E-state index contributed by atoms with van der Waals surface area (Å²) in [5.41, 5.74) is 4.71. The molecule has 0 aliphatic carbocycles. The van der Waals surface area contributed by atoms with Crippen molar-refractivity contribution in [3.63, 3.8) is 0 Å². The molecule has 20 heavy (non-hydrogen) atoms. The molecule has 0 spiro atoms. The molecular weight excluding hydrogens is 295 g/mol. The molecule has 5 heteroatoms. The van der Waals surface area contributed by atoms with Crippen LogP contribution in [0.2, 0.25) is 10.0 Å². The van der Waals surface area contributed by atoms with Crippen LogP contribution in [0.1, 0.15) is 18.1 Å². The summed E-state index contributed by atoms with van der Waals surface area (Å²) in [6.07, 6.45) is 4.38. The number of anilines is 1. The molecule has 2 aromatic rings. The van der Waals surface area contributed by atoms with Crippen molar-refractivity contribution >= 4 is 34.8 Å². The number of pyridine rings is 1. The summed E-state index contributed by atoms with van der Waals surface area (Å²) < 4.78 is 0. The Hall–Kier alpha value is -1.58. The fraction of sp³-hybridized carbons (Fsp3) is 0.200. The topological polar surface area (TPSA) is 42.0 Å². The van der Waals surface area contributed by atoms with E-state index in [0.717, 1.165) is 34.4 Å². The summed E-state index contributed by atoms with van der Waals surface area (Å²) in [5, 5.41) is 3.93. The van der Waals surface area contributed by atoms with E-state index < -0.39 is 0 Å². The van der Waals surface area contributed by atoms with Crippen LogP contribution in [-0.2, 0) is 17.6 Å². The van der Waals surface area contributed by atoms with Gasteiger partial charge in [-0.2, -0.15) is 0 Å². The standard InChI is InChI=1S/C15H12Cl2N2O/c1-2-8-3-9(4-10-5-13(20)19-15(8)10)14-11(16)6-18-7-12(14)17/h3-4,6-7H,2,5H2,1H3,(H,19,20). The van der Waals surface area contributed by atoms with Crippen LogP contribution in [0.15, 0.2) is 24.5 Å². The van der Waals surface area contributed by atoms with Crippen molar-refractivity contribution in [2.75, 3.05) is 5.32 Å². The lowest BCUT2D eigenvalue weighted by Crippen LogP contribution is -2.04. The molecule has 1 aromatic heterocycles. The zero-order chi connectivity index (χ0) is 14.3. The second kappa shape index (κ2) is 5.08. The number of aromatic nitrogens is 1. The van der Waals surface area contributed by atoms with Gasteiger partial charge in [0.1, 0.15) is 0 Å². The molecular formula is C15H12Cl2N2O. The molecule has 0 saturated carbocycles. The van der Waals surface area contributed by atoms with Gasteiger partial charge in [0.2, 0.25) is 5.91 Å². The van der Waals surface area contributed by atoms with Crippen LogP contribution in [0, 0.1) is 0 Å². The van der Waals surface area contributed by atoms with Gasteiger partial charge in [0, 0.05) is 23.6 Å². The maximum absolute atomic E-state index is 11.6. The van der Waals surface area contributed by atoms with Gasteiger partial charge in [-0.3, -0.25) is 9.78 Å². The molecule has 0 bridgehead atoms. The zero-order valence-electron chi connectivity index (χ0n) is 10.8. The number of carbonyl (C=O) groups excluding carboxylic acids is 1. The molecule has 0 fully saturated rings. The lowest BCUT2D eigenvalue weighted by molar-refractivity contribution is -0.115. The maximum Gasteiger partial charge on any atom is 0.228 e. The summed E-state index contributed by atoms with van der Waals surface area (Å²) in [7, 11) is 0. The van der Waals surface area contributed by atoms with Crippen LogP contribution in [0.5, 0.6) is 0 Å². The van der Waals surface area contributed by atoms with Gasteiger partial charge in [0.15, 0.2) is 0 Å². The molecule has 3 nitrogen and oxygen atoms in total. The fourth-order valence-electron chi connectivity index (χ4n) is 2.53. The van der Waals surface area contributed by atoms with Crippen molar-refractivity contribution in [2.24, 2.45) is 0 Å². The monoisotopic (exact) mass is 306 g/mol. The van der Waals surface area contributed by atoms with Crippen LogP contribution in [0.3, 0.4) is 0 Å². The van der Waals surface area contributed by atoms with E-state index in [-0.39, 0.29) is 5.91 Å². The number of hydrogen-bond acceptors (Lipinski definition) is 2. The highest BCUT2D eigenvalue weighted by atomic mass is 35.5. The van der Waals surface area contributed by atoms with E-state index in [1.54, 1.807) is 12.4 Å². The number of aryl methyl sites for hydroxylation is 1. The number of nitrogens with zero attached hydrogens (tertiary/aromatic N) is 1. The van der Waals surface area contributed by atoms with E-state index in [1.165, 1.54) is 0 Å². The van der Waals surface area contributed by atoms with Crippen molar-refractivity contribution in [3.05, 3.63) is 45.7 Å². The van der Waals surface area contributed by atoms with Gasteiger partial charge >= 0.3 is 0 Å². The molecule has 0 saturated heterocycles. The van der Waals surface area contributed by atoms with Gasteiger partial charge in [-0.15, -0.1) is 0 Å². The van der Waals surface area contributed by atoms with E-state index in [2.05, 4.69) is 17.2 Å². The lowest BCUT2D eigenvalue weighted by atomic mass is 9.97. The third-order valence-electron chi connectivity index (χ3n) is 3.44. The Bertz CT molecular complexity index is 693. The van der Waals surface area contributed by atoms with Gasteiger partial charge in [0.05, 0.1) is 16.5 Å². The van der Waals surface area contributed by atoms with Crippen molar-refractivity contribution < 1.29 is 4.79 Å². The van der Waals surface area contributed by atoms with Gasteiger partial charge in [0.25, 0.3) is 0 Å². The maximum atomic E-state index is 11.6. The van der Waals surface area contributed by atoms with Crippen LogP contribution in [0.25, 0.3) is 11.1 Å². The Kier molecular flexibility index (Phi) is 3.40. The molecule has 0 atom stereocenters. The van der Waals surface area contributed by atoms with Crippen LogP contribution in [-0.4, -0.2) is 10.9 Å². The average Bonchev–Trinajstić information content (AvgIpc) is 2.77. The Morgan fingerprint density at radius 2 is 1.95 bits per heavy atom. The van der Waals surface area contributed by atoms with E-state index >= 15 is 0 Å². The lowest BCUT2D eigenvalue weighted by Gasteiger charge is -2.12. The number of halogens is 2. The Morgan fingerprint density at radius 1 is 1.25 bits per heavy atom. The van der Waals surface area contributed by atoms with E-state index in [1.807, 2.05) is 12.1 Å². The SMILES string of the molecule is CCc1cc(-c2c(Cl)cncc2Cl)cc2c1NC(=O)C2. The molecule has 1 N–H and O–H groups in total. The minimum atomic E-state index is 0.0266. The highest BCUT2D eigenvalue weighted by molar-refractivity contribution is 6.39. The summed E-state index contributed by atoms with van der Waals surface area (Å²) in [6.45, 7) is 2.06. The molecule has 102 valence electrons. The largest absolute Gasteiger partial charge is 0.325 e. The number of fused-ring (bicyclic) bond motifs is 1. The summed E-state index contributed by atoms with van der Waals surface area (Å²) in [5.74, 6) is 0.0266. The normalized spacial score (nSPS) is 13.2. The molecule has 3 rings (SSSR count). The third-order valence-corrected chi connectivity index (χ3v) is 4.01. The van der Waals surface area contributed by atoms with Crippen LogP contribution >= 0.6 is 23.2 Å². The molecule has 1 aliphatic heterocycles. The van der Waals surface area contributed by atoms with Crippen molar-refractivity contribution in [2.45, 2.75) is 19.8 Å². The minimum Gasteiger partial charge on any atom is -0.325 e. The van der Waals surface area contributed by atoms with Gasteiger partial charge in [-0.25, -0.2) is 0 Å². The van der Waals surface area contributed by atoms with Crippen LogP contribution < -0.4 is 5.32 Å². The second-order valence-electron chi connectivity index (χ2n) is 4.73. The first kappa shape index (κ1) is 13.4. The van der Waals surface area contributed by atoms with E-state index in [4.69, 9.17) is 23.2 Å². The molecule has 2 heterocycles. The van der Waals surface area contributed by atoms with Crippen molar-refractivity contribution in [1.82, 2.24) is 4.98 Å². The van der Waals surface area contributed by atoms with E-state index in [9.17, 15) is 4.79 Å². The highest BCUT2D eigenvalue weighted by Crippen LogP contribution is 2.38. The Labute approximate surface area is 126 Å². The van der Waals surface area contributed by atoms with Crippen molar-refractivity contribution in [1.29, 1.82) is 0 Å². The number of benzene rings is 1. The summed E-state index contributed by atoms with van der Waals surface area (Å²) in [6, 6.07) is 4.00. The van der Waals surface area contributed by atoms with Gasteiger partial charge < -0.3 is 5.32 Å². The first-order valence-electron chi connectivity index (χ1n) is 6.35. The smallest absolute Gasteiger partial charge is 0.228 e. The quantitative estimate of drug-likeness (QED) is 0.907. The number of carbonyl (C=O) groups is 1. The predicted molar refractivity (Wildman–Crippen MR) is 81.4 cm³/mol. The molecule has 0 radical (unpaired) electrons. The second-order valence-corrected chi connectivity index (χ2v) is 5.54. The minimum absolute atomic E-state index is 0.0266. The highest BCUT2D eigenvalue weighted by Gasteiger charge is 2.22. The predicted octanol–water partition coefficient (Wildman–Crippen LogP) is 4.11. The number of rotatable bonds is 2. The number of amides is 1. The van der Waals surface area contributed by atoms with Gasteiger partial charge in [-0.1, -0.05) is 30.1 Å². The molecule has 1 aromatic carbocycles. The molecule has 1 aliphatic rings. The van der Waals surface area contributed by atoms with Gasteiger partial charge in [-0.05, 0) is 35.2 Å². The number of nitrogens with one attached hydrogen (secondary N) is 1. The Morgan fingerprint density at radius 3 is 2.60 bits per heavy atom. The molecule has 1 amide bonds. The number of hydrogen-bond donors (Lipinski definition) is 1. The summed E-state index contributed by atoms with van der Waals surface area (Å²) in [4.78, 5) is 15.5. The van der Waals surface area contributed by atoms with Crippen LogP contribution in [0.4, 0.5) is 5.69 Å². The van der Waals surface area contributed by atoms with E-state index in [0.29, 0.717) is 16.5 Å². The third kappa shape index (κ3) is 2.17. The zero-order valence-corrected chi connectivity index (χ0v) is 12.3. The average molecular weight is 307 g/mol. The molecule has 0 unspecified atom stereocenters. The first-order valence-corrected chi connectivity index (χ1v) is 7.10.